The molecule has 0 aliphatic heterocycles. The number of hydrogen-bond donors (Lipinski definition) is 2. The Morgan fingerprint density at radius 1 is 1.33 bits per heavy atom. The predicted octanol–water partition coefficient (Wildman–Crippen LogP) is 1.81. The number of rotatable bonds is 8. The van der Waals surface area contributed by atoms with E-state index in [1.165, 1.54) is 11.8 Å². The first kappa shape index (κ1) is 15.2. The Bertz CT molecular complexity index is 401. The van der Waals surface area contributed by atoms with Gasteiger partial charge < -0.3 is 10.6 Å². The normalized spacial score (nSPS) is 12.2. The van der Waals surface area contributed by atoms with Crippen LogP contribution in [0, 0.1) is 0 Å². The molecule has 0 saturated heterocycles. The van der Waals surface area contributed by atoms with E-state index in [4.69, 9.17) is 0 Å². The quantitative estimate of drug-likeness (QED) is 0.432. The van der Waals surface area contributed by atoms with Crippen LogP contribution in [0.1, 0.15) is 13.3 Å². The minimum absolute atomic E-state index is 0.716. The fourth-order valence-corrected chi connectivity index (χ4v) is 2.30. The van der Waals surface area contributed by atoms with Crippen LogP contribution in [-0.4, -0.2) is 45.5 Å². The van der Waals surface area contributed by atoms with E-state index in [2.05, 4.69) is 20.6 Å². The summed E-state index contributed by atoms with van der Waals surface area (Å²) in [6, 6.07) is 1.89. The molecule has 0 spiro atoms. The van der Waals surface area contributed by atoms with Gasteiger partial charge in [0.05, 0.1) is 0 Å². The summed E-state index contributed by atoms with van der Waals surface area (Å²) in [5, 5.41) is 7.16. The van der Waals surface area contributed by atoms with Crippen molar-refractivity contribution < 1.29 is 4.21 Å². The molecule has 18 heavy (non-hydrogen) atoms. The fourth-order valence-electron chi connectivity index (χ4n) is 1.37. The summed E-state index contributed by atoms with van der Waals surface area (Å²) in [5.41, 5.74) is 0. The Morgan fingerprint density at radius 2 is 2.00 bits per heavy atom. The molecule has 0 radical (unpaired) electrons. The molecule has 7 heteroatoms. The second kappa shape index (κ2) is 8.31. The van der Waals surface area contributed by atoms with Gasteiger partial charge in [-0.3, -0.25) is 4.21 Å². The molecule has 1 aromatic heterocycles. The maximum Gasteiger partial charge on any atom is 0.191 e. The van der Waals surface area contributed by atoms with Gasteiger partial charge in [-0.25, -0.2) is 9.97 Å². The highest BCUT2D eigenvalue weighted by Gasteiger charge is 2.03. The molecule has 102 valence electrons. The summed E-state index contributed by atoms with van der Waals surface area (Å²) in [6.07, 6.45) is 4.55. The van der Waals surface area contributed by atoms with Crippen LogP contribution in [0.4, 0.5) is 11.6 Å². The van der Waals surface area contributed by atoms with E-state index in [-0.39, 0.29) is 0 Å². The first-order valence-corrected chi connectivity index (χ1v) is 8.81. The molecule has 1 rings (SSSR count). The number of thioether (sulfide) groups is 1. The zero-order chi connectivity index (χ0) is 13.4. The van der Waals surface area contributed by atoms with E-state index in [1.54, 1.807) is 6.26 Å². The average molecular weight is 288 g/mol. The van der Waals surface area contributed by atoms with Crippen molar-refractivity contribution in [2.75, 3.05) is 42.0 Å². The van der Waals surface area contributed by atoms with Crippen LogP contribution in [0.15, 0.2) is 11.2 Å². The van der Waals surface area contributed by atoms with Crippen LogP contribution < -0.4 is 10.6 Å². The summed E-state index contributed by atoms with van der Waals surface area (Å²) < 4.78 is 10.9. The summed E-state index contributed by atoms with van der Waals surface area (Å²) in [5.74, 6) is 2.36. The lowest BCUT2D eigenvalue weighted by molar-refractivity contribution is 0.685. The molecule has 1 unspecified atom stereocenters. The molecular weight excluding hydrogens is 268 g/mol. The summed E-state index contributed by atoms with van der Waals surface area (Å²) in [6.45, 7) is 3.64. The molecule has 2 N–H and O–H groups in total. The number of anilines is 2. The summed E-state index contributed by atoms with van der Waals surface area (Å²) in [7, 11) is -0.726. The van der Waals surface area contributed by atoms with Crippen LogP contribution >= 0.6 is 11.8 Å². The van der Waals surface area contributed by atoms with Crippen molar-refractivity contribution in [2.24, 2.45) is 0 Å². The third-order valence-electron chi connectivity index (χ3n) is 2.16. The van der Waals surface area contributed by atoms with E-state index >= 15 is 0 Å². The monoisotopic (exact) mass is 288 g/mol. The minimum Gasteiger partial charge on any atom is -0.370 e. The Labute approximate surface area is 115 Å². The first-order chi connectivity index (χ1) is 8.65. The predicted molar refractivity (Wildman–Crippen MR) is 80.0 cm³/mol. The summed E-state index contributed by atoms with van der Waals surface area (Å²) in [4.78, 5) is 8.73. The molecule has 5 nitrogen and oxygen atoms in total. The zero-order valence-electron chi connectivity index (χ0n) is 11.0. The van der Waals surface area contributed by atoms with E-state index in [0.717, 1.165) is 36.3 Å². The lowest BCUT2D eigenvalue weighted by atomic mass is 10.4. The van der Waals surface area contributed by atoms with E-state index in [9.17, 15) is 4.21 Å². The molecular formula is C11H20N4OS2. The number of nitrogens with one attached hydrogen (secondary N) is 2. The minimum atomic E-state index is -0.726. The van der Waals surface area contributed by atoms with Gasteiger partial charge in [0.2, 0.25) is 0 Å². The smallest absolute Gasteiger partial charge is 0.191 e. The molecule has 0 aromatic carbocycles. The highest BCUT2D eigenvalue weighted by Crippen LogP contribution is 2.17. The summed E-state index contributed by atoms with van der Waals surface area (Å²) >= 11 is 1.52. The van der Waals surface area contributed by atoms with Crippen molar-refractivity contribution in [3.8, 4) is 0 Å². The Morgan fingerprint density at radius 3 is 2.56 bits per heavy atom. The second-order valence-electron chi connectivity index (χ2n) is 3.71. The third kappa shape index (κ3) is 5.68. The largest absolute Gasteiger partial charge is 0.370 e. The van der Waals surface area contributed by atoms with Crippen molar-refractivity contribution in [2.45, 2.75) is 18.5 Å². The fraction of sp³-hybridized carbons (Fsp3) is 0.636. The molecule has 0 saturated carbocycles. The third-order valence-corrected chi connectivity index (χ3v) is 3.57. The van der Waals surface area contributed by atoms with Gasteiger partial charge in [-0.05, 0) is 19.6 Å². The Hall–Kier alpha value is -0.820. The lowest BCUT2D eigenvalue weighted by Gasteiger charge is -2.09. The topological polar surface area (TPSA) is 66.9 Å². The van der Waals surface area contributed by atoms with Gasteiger partial charge in [0.25, 0.3) is 0 Å². The SMILES string of the molecule is CCNc1cc(NCCCS(C)=O)nc(SC)n1. The zero-order valence-corrected chi connectivity index (χ0v) is 12.7. The number of aromatic nitrogens is 2. The first-order valence-electron chi connectivity index (χ1n) is 5.86. The molecule has 0 fully saturated rings. The lowest BCUT2D eigenvalue weighted by Crippen LogP contribution is -2.09. The Kier molecular flexibility index (Phi) is 7.04. The van der Waals surface area contributed by atoms with Crippen molar-refractivity contribution in [3.05, 3.63) is 6.07 Å². The van der Waals surface area contributed by atoms with Crippen molar-refractivity contribution in [1.29, 1.82) is 0 Å². The van der Waals surface area contributed by atoms with Gasteiger partial charge in [-0.1, -0.05) is 11.8 Å². The highest BCUT2D eigenvalue weighted by molar-refractivity contribution is 7.98. The maximum absolute atomic E-state index is 10.9. The molecule has 0 aliphatic rings. The Balaban J connectivity index is 2.57. The maximum atomic E-state index is 10.9. The van der Waals surface area contributed by atoms with Crippen molar-refractivity contribution >= 4 is 34.2 Å². The molecule has 1 aromatic rings. The van der Waals surface area contributed by atoms with Crippen LogP contribution in [0.5, 0.6) is 0 Å². The van der Waals surface area contributed by atoms with Crippen molar-refractivity contribution in [3.63, 3.8) is 0 Å². The van der Waals surface area contributed by atoms with Gasteiger partial charge in [0, 0.05) is 42.0 Å². The molecule has 1 heterocycles. The van der Waals surface area contributed by atoms with Gasteiger partial charge in [0.1, 0.15) is 11.6 Å². The van der Waals surface area contributed by atoms with E-state index in [1.807, 2.05) is 19.2 Å². The van der Waals surface area contributed by atoms with Crippen LogP contribution in [0.3, 0.4) is 0 Å². The van der Waals surface area contributed by atoms with Gasteiger partial charge in [-0.2, -0.15) is 0 Å². The van der Waals surface area contributed by atoms with Gasteiger partial charge in [-0.15, -0.1) is 0 Å². The number of nitrogens with zero attached hydrogens (tertiary/aromatic N) is 2. The van der Waals surface area contributed by atoms with Gasteiger partial charge in [0.15, 0.2) is 5.16 Å². The molecule has 0 amide bonds. The van der Waals surface area contributed by atoms with Gasteiger partial charge >= 0.3 is 0 Å². The average Bonchev–Trinajstić information content (AvgIpc) is 2.34. The van der Waals surface area contributed by atoms with Crippen LogP contribution in [0.25, 0.3) is 0 Å². The van der Waals surface area contributed by atoms with Crippen LogP contribution in [-0.2, 0) is 10.8 Å². The molecule has 0 bridgehead atoms. The second-order valence-corrected chi connectivity index (χ2v) is 6.04. The van der Waals surface area contributed by atoms with Crippen molar-refractivity contribution in [1.82, 2.24) is 9.97 Å². The number of hydrogen-bond acceptors (Lipinski definition) is 6. The standard InChI is InChI=1S/C11H20N4OS2/c1-4-12-9-8-10(15-11(14-9)17-2)13-6-5-7-18(3)16/h8H,4-7H2,1-3H3,(H2,12,13,14,15). The highest BCUT2D eigenvalue weighted by atomic mass is 32.2. The molecule has 0 aliphatic carbocycles. The van der Waals surface area contributed by atoms with E-state index in [0.29, 0.717) is 5.75 Å². The van der Waals surface area contributed by atoms with E-state index < -0.39 is 10.8 Å². The van der Waals surface area contributed by atoms with Crippen LogP contribution in [0.2, 0.25) is 0 Å². The molecule has 1 atom stereocenters.